The molecule has 1 heterocycles. The Bertz CT molecular complexity index is 513. The van der Waals surface area contributed by atoms with E-state index >= 15 is 0 Å². The highest BCUT2D eigenvalue weighted by molar-refractivity contribution is 5.79. The van der Waals surface area contributed by atoms with E-state index in [2.05, 4.69) is 43.7 Å². The van der Waals surface area contributed by atoms with Gasteiger partial charge >= 0.3 is 0 Å². The lowest BCUT2D eigenvalue weighted by atomic mass is 10.1. The monoisotopic (exact) mass is 231 g/mol. The minimum atomic E-state index is 0.566. The van der Waals surface area contributed by atoms with Crippen LogP contribution < -0.4 is 5.73 Å². The second-order valence-electron chi connectivity index (χ2n) is 4.91. The van der Waals surface area contributed by atoms with E-state index in [-0.39, 0.29) is 0 Å². The quantitative estimate of drug-likeness (QED) is 0.878. The fourth-order valence-electron chi connectivity index (χ4n) is 2.23. The minimum absolute atomic E-state index is 0.566. The van der Waals surface area contributed by atoms with Gasteiger partial charge in [-0.25, -0.2) is 4.98 Å². The topological polar surface area (TPSA) is 43.8 Å². The zero-order valence-corrected chi connectivity index (χ0v) is 10.9. The van der Waals surface area contributed by atoms with Gasteiger partial charge in [0.25, 0.3) is 0 Å². The van der Waals surface area contributed by atoms with E-state index in [0.717, 1.165) is 30.7 Å². The molecule has 0 fully saturated rings. The van der Waals surface area contributed by atoms with Crippen molar-refractivity contribution in [1.29, 1.82) is 0 Å². The van der Waals surface area contributed by atoms with Gasteiger partial charge in [0.2, 0.25) is 0 Å². The number of aromatic nitrogens is 2. The highest BCUT2D eigenvalue weighted by Gasteiger charge is 2.10. The maximum absolute atomic E-state index is 5.65. The fraction of sp³-hybridized carbons (Fsp3) is 0.500. The van der Waals surface area contributed by atoms with Gasteiger partial charge in [-0.2, -0.15) is 0 Å². The van der Waals surface area contributed by atoms with Crippen molar-refractivity contribution in [3.05, 3.63) is 29.6 Å². The summed E-state index contributed by atoms with van der Waals surface area (Å²) in [5, 5.41) is 0. The number of aryl methyl sites for hydroxylation is 3. The Morgan fingerprint density at radius 1 is 1.41 bits per heavy atom. The van der Waals surface area contributed by atoms with Gasteiger partial charge in [0, 0.05) is 13.5 Å². The molecule has 1 unspecified atom stereocenters. The number of imidazole rings is 1. The van der Waals surface area contributed by atoms with Gasteiger partial charge in [-0.05, 0) is 37.4 Å². The molecule has 3 nitrogen and oxygen atoms in total. The molecule has 1 atom stereocenters. The van der Waals surface area contributed by atoms with Crippen LogP contribution >= 0.6 is 0 Å². The Labute approximate surface area is 103 Å². The molecule has 0 saturated heterocycles. The van der Waals surface area contributed by atoms with E-state index in [1.807, 2.05) is 0 Å². The molecule has 0 bridgehead atoms. The third-order valence-corrected chi connectivity index (χ3v) is 3.45. The van der Waals surface area contributed by atoms with Crippen molar-refractivity contribution in [3.8, 4) is 0 Å². The van der Waals surface area contributed by atoms with Crippen molar-refractivity contribution in [3.63, 3.8) is 0 Å². The molecular weight excluding hydrogens is 210 g/mol. The van der Waals surface area contributed by atoms with E-state index in [9.17, 15) is 0 Å². The number of fused-ring (bicyclic) bond motifs is 1. The molecule has 0 spiro atoms. The average molecular weight is 231 g/mol. The lowest BCUT2D eigenvalue weighted by molar-refractivity contribution is 0.531. The molecule has 0 aliphatic rings. The van der Waals surface area contributed by atoms with Crippen LogP contribution in [0.3, 0.4) is 0 Å². The number of rotatable bonds is 4. The number of nitrogens with zero attached hydrogens (tertiary/aromatic N) is 2. The largest absolute Gasteiger partial charge is 0.331 e. The summed E-state index contributed by atoms with van der Waals surface area (Å²) in [6, 6.07) is 6.28. The first-order chi connectivity index (χ1) is 8.13. The Balaban J connectivity index is 2.30. The molecule has 2 N–H and O–H groups in total. The molecule has 1 aromatic carbocycles. The van der Waals surface area contributed by atoms with Crippen molar-refractivity contribution in [1.82, 2.24) is 9.55 Å². The third-order valence-electron chi connectivity index (χ3n) is 3.45. The molecule has 0 amide bonds. The molecule has 17 heavy (non-hydrogen) atoms. The van der Waals surface area contributed by atoms with Gasteiger partial charge in [-0.3, -0.25) is 0 Å². The Morgan fingerprint density at radius 3 is 2.82 bits per heavy atom. The first-order valence-electron chi connectivity index (χ1n) is 6.24. The molecule has 0 aliphatic carbocycles. The lowest BCUT2D eigenvalue weighted by Crippen LogP contribution is -2.12. The maximum atomic E-state index is 5.65. The number of benzene rings is 1. The SMILES string of the molecule is Cc1cccc2nc(CCC(C)CN)n(C)c12. The van der Waals surface area contributed by atoms with E-state index in [1.54, 1.807) is 0 Å². The maximum Gasteiger partial charge on any atom is 0.109 e. The summed E-state index contributed by atoms with van der Waals surface area (Å²) in [7, 11) is 2.10. The van der Waals surface area contributed by atoms with Crippen LogP contribution in [0.15, 0.2) is 18.2 Å². The summed E-state index contributed by atoms with van der Waals surface area (Å²) in [5.74, 6) is 1.73. The zero-order valence-electron chi connectivity index (χ0n) is 10.9. The fourth-order valence-corrected chi connectivity index (χ4v) is 2.23. The first-order valence-corrected chi connectivity index (χ1v) is 6.24. The van der Waals surface area contributed by atoms with Crippen LogP contribution in [0.4, 0.5) is 0 Å². The molecule has 0 aliphatic heterocycles. The van der Waals surface area contributed by atoms with Gasteiger partial charge < -0.3 is 10.3 Å². The average Bonchev–Trinajstić information content (AvgIpc) is 2.64. The zero-order chi connectivity index (χ0) is 12.4. The molecule has 3 heteroatoms. The summed E-state index contributed by atoms with van der Waals surface area (Å²) in [4.78, 5) is 4.70. The predicted octanol–water partition coefficient (Wildman–Crippen LogP) is 2.41. The van der Waals surface area contributed by atoms with Crippen molar-refractivity contribution in [2.45, 2.75) is 26.7 Å². The van der Waals surface area contributed by atoms with E-state index in [1.165, 1.54) is 11.1 Å². The second kappa shape index (κ2) is 4.88. The van der Waals surface area contributed by atoms with Gasteiger partial charge in [0.05, 0.1) is 11.0 Å². The smallest absolute Gasteiger partial charge is 0.109 e. The first kappa shape index (κ1) is 12.1. The molecule has 1 aromatic heterocycles. The standard InChI is InChI=1S/C14H21N3/c1-10(9-15)7-8-13-16-12-6-4-5-11(2)14(12)17(13)3/h4-6,10H,7-9,15H2,1-3H3. The molecule has 2 rings (SSSR count). The summed E-state index contributed by atoms with van der Waals surface area (Å²) in [6.07, 6.45) is 2.11. The molecule has 0 radical (unpaired) electrons. The summed E-state index contributed by atoms with van der Waals surface area (Å²) in [6.45, 7) is 5.08. The second-order valence-corrected chi connectivity index (χ2v) is 4.91. The van der Waals surface area contributed by atoms with Crippen LogP contribution in [0.2, 0.25) is 0 Å². The van der Waals surface area contributed by atoms with Crippen LogP contribution in [-0.2, 0) is 13.5 Å². The number of hydrogen-bond acceptors (Lipinski definition) is 2. The van der Waals surface area contributed by atoms with Crippen LogP contribution in [0.5, 0.6) is 0 Å². The van der Waals surface area contributed by atoms with Gasteiger partial charge in [0.1, 0.15) is 5.82 Å². The normalized spacial score (nSPS) is 13.2. The highest BCUT2D eigenvalue weighted by atomic mass is 15.1. The predicted molar refractivity (Wildman–Crippen MR) is 72.0 cm³/mol. The molecule has 0 saturated carbocycles. The van der Waals surface area contributed by atoms with E-state index in [0.29, 0.717) is 5.92 Å². The Hall–Kier alpha value is -1.35. The van der Waals surface area contributed by atoms with Crippen LogP contribution in [0.25, 0.3) is 11.0 Å². The van der Waals surface area contributed by atoms with Crippen LogP contribution in [-0.4, -0.2) is 16.1 Å². The summed E-state index contributed by atoms with van der Waals surface area (Å²) in [5.41, 5.74) is 9.29. The van der Waals surface area contributed by atoms with Gasteiger partial charge in [-0.15, -0.1) is 0 Å². The summed E-state index contributed by atoms with van der Waals surface area (Å²) < 4.78 is 2.22. The molecule has 2 aromatic rings. The van der Waals surface area contributed by atoms with Crippen molar-refractivity contribution in [2.75, 3.05) is 6.54 Å². The number of para-hydroxylation sites is 1. The Kier molecular flexibility index (Phi) is 3.48. The molecular formula is C14H21N3. The van der Waals surface area contributed by atoms with Crippen molar-refractivity contribution < 1.29 is 0 Å². The van der Waals surface area contributed by atoms with E-state index in [4.69, 9.17) is 10.7 Å². The van der Waals surface area contributed by atoms with E-state index < -0.39 is 0 Å². The minimum Gasteiger partial charge on any atom is -0.331 e. The van der Waals surface area contributed by atoms with Crippen LogP contribution in [0, 0.1) is 12.8 Å². The van der Waals surface area contributed by atoms with Gasteiger partial charge in [-0.1, -0.05) is 19.1 Å². The lowest BCUT2D eigenvalue weighted by Gasteiger charge is -2.08. The van der Waals surface area contributed by atoms with Crippen molar-refractivity contribution in [2.24, 2.45) is 18.7 Å². The van der Waals surface area contributed by atoms with Crippen LogP contribution in [0.1, 0.15) is 24.7 Å². The third kappa shape index (κ3) is 2.34. The number of nitrogens with two attached hydrogens (primary N) is 1. The molecule has 92 valence electrons. The summed E-state index contributed by atoms with van der Waals surface area (Å²) >= 11 is 0. The van der Waals surface area contributed by atoms with Crippen molar-refractivity contribution >= 4 is 11.0 Å². The Morgan fingerprint density at radius 2 is 2.18 bits per heavy atom. The number of hydrogen-bond donors (Lipinski definition) is 1. The highest BCUT2D eigenvalue weighted by Crippen LogP contribution is 2.20. The van der Waals surface area contributed by atoms with Gasteiger partial charge in [0.15, 0.2) is 0 Å².